The van der Waals surface area contributed by atoms with Crippen LogP contribution in [0.5, 0.6) is 11.5 Å². The summed E-state index contributed by atoms with van der Waals surface area (Å²) < 4.78 is 10.6. The molecule has 0 spiro atoms. The monoisotopic (exact) mass is 310 g/mol. The van der Waals surface area contributed by atoms with E-state index in [0.29, 0.717) is 10.8 Å². The minimum absolute atomic E-state index is 0.395. The zero-order valence-corrected chi connectivity index (χ0v) is 13.1. The van der Waals surface area contributed by atoms with Gasteiger partial charge in [-0.1, -0.05) is 23.7 Å². The van der Waals surface area contributed by atoms with E-state index in [-0.39, 0.29) is 0 Å². The summed E-state index contributed by atoms with van der Waals surface area (Å²) in [7, 11) is 3.24. The fraction of sp³-hybridized carbons (Fsp3) is 0.250. The first kappa shape index (κ1) is 15.0. The van der Waals surface area contributed by atoms with Crippen molar-refractivity contribution < 1.29 is 9.47 Å². The smallest absolute Gasteiger partial charge is 0.124 e. The van der Waals surface area contributed by atoms with Gasteiger partial charge in [0.05, 0.1) is 19.6 Å². The maximum absolute atomic E-state index is 6.58. The van der Waals surface area contributed by atoms with Crippen molar-refractivity contribution in [3.63, 3.8) is 0 Å². The topological polar surface area (TPSA) is 18.5 Å². The number of methoxy groups -OCH3 is 2. The molecule has 0 saturated carbocycles. The van der Waals surface area contributed by atoms with Crippen molar-refractivity contribution in [2.75, 3.05) is 14.2 Å². The molecule has 1 unspecified atom stereocenters. The minimum atomic E-state index is -0.395. The van der Waals surface area contributed by atoms with E-state index in [2.05, 4.69) is 0 Å². The molecular weight excluding hydrogens is 295 g/mol. The molecule has 0 amide bonds. The van der Waals surface area contributed by atoms with E-state index in [4.69, 9.17) is 32.7 Å². The van der Waals surface area contributed by atoms with Crippen molar-refractivity contribution in [1.29, 1.82) is 0 Å². The van der Waals surface area contributed by atoms with E-state index in [1.54, 1.807) is 14.2 Å². The lowest BCUT2D eigenvalue weighted by Crippen LogP contribution is -1.99. The minimum Gasteiger partial charge on any atom is -0.497 e. The van der Waals surface area contributed by atoms with Crippen molar-refractivity contribution in [2.45, 2.75) is 12.3 Å². The van der Waals surface area contributed by atoms with Crippen LogP contribution in [0.2, 0.25) is 5.02 Å². The van der Waals surface area contributed by atoms with Crippen LogP contribution in [0, 0.1) is 6.92 Å². The Balaban J connectivity index is 2.48. The summed E-state index contributed by atoms with van der Waals surface area (Å²) >= 11 is 12.9. The number of halogens is 2. The number of ether oxygens (including phenoxy) is 2. The molecular formula is C16H16Cl2O2. The van der Waals surface area contributed by atoms with E-state index in [0.717, 1.165) is 22.4 Å². The third-order valence-corrected chi connectivity index (χ3v) is 3.94. The van der Waals surface area contributed by atoms with E-state index in [1.165, 1.54) is 0 Å². The molecule has 0 fully saturated rings. The second kappa shape index (κ2) is 6.38. The third kappa shape index (κ3) is 3.02. The molecule has 0 aliphatic rings. The van der Waals surface area contributed by atoms with Gasteiger partial charge >= 0.3 is 0 Å². The van der Waals surface area contributed by atoms with Gasteiger partial charge in [0.1, 0.15) is 11.5 Å². The van der Waals surface area contributed by atoms with E-state index < -0.39 is 5.38 Å². The molecule has 0 aromatic heterocycles. The van der Waals surface area contributed by atoms with Crippen LogP contribution >= 0.6 is 23.2 Å². The zero-order valence-electron chi connectivity index (χ0n) is 11.6. The summed E-state index contributed by atoms with van der Waals surface area (Å²) in [4.78, 5) is 0. The third-order valence-electron chi connectivity index (χ3n) is 3.14. The number of benzene rings is 2. The van der Waals surface area contributed by atoms with Gasteiger partial charge in [-0.25, -0.2) is 0 Å². The second-order valence-corrected chi connectivity index (χ2v) is 5.34. The first-order valence-electron chi connectivity index (χ1n) is 6.19. The molecule has 4 heteroatoms. The van der Waals surface area contributed by atoms with Gasteiger partial charge < -0.3 is 9.47 Å². The Morgan fingerprint density at radius 1 is 0.950 bits per heavy atom. The van der Waals surface area contributed by atoms with Gasteiger partial charge in [0.15, 0.2) is 0 Å². The van der Waals surface area contributed by atoms with Crippen LogP contribution in [0.1, 0.15) is 22.1 Å². The Bertz CT molecular complexity index is 611. The van der Waals surface area contributed by atoms with Crippen LogP contribution in [0.4, 0.5) is 0 Å². The highest BCUT2D eigenvalue weighted by Crippen LogP contribution is 2.39. The molecule has 2 aromatic rings. The van der Waals surface area contributed by atoms with Gasteiger partial charge in [0.25, 0.3) is 0 Å². The number of alkyl halides is 1. The van der Waals surface area contributed by atoms with Gasteiger partial charge in [-0.05, 0) is 42.3 Å². The molecule has 0 radical (unpaired) electrons. The highest BCUT2D eigenvalue weighted by molar-refractivity contribution is 6.33. The normalized spacial score (nSPS) is 12.1. The van der Waals surface area contributed by atoms with Gasteiger partial charge in [-0.3, -0.25) is 0 Å². The van der Waals surface area contributed by atoms with E-state index in [9.17, 15) is 0 Å². The molecule has 0 N–H and O–H groups in total. The highest BCUT2D eigenvalue weighted by atomic mass is 35.5. The summed E-state index contributed by atoms with van der Waals surface area (Å²) in [6.07, 6.45) is 0. The number of hydrogen-bond acceptors (Lipinski definition) is 2. The lowest BCUT2D eigenvalue weighted by atomic mass is 10.0. The fourth-order valence-corrected chi connectivity index (χ4v) is 2.80. The second-order valence-electron chi connectivity index (χ2n) is 4.50. The zero-order chi connectivity index (χ0) is 14.7. The fourth-order valence-electron chi connectivity index (χ4n) is 2.04. The molecule has 0 aliphatic heterocycles. The summed E-state index contributed by atoms with van der Waals surface area (Å²) in [5.41, 5.74) is 2.78. The molecule has 0 heterocycles. The SMILES string of the molecule is COc1ccc(OC)c(C(Cl)c2ccc(C)cc2Cl)c1. The Morgan fingerprint density at radius 3 is 2.30 bits per heavy atom. The summed E-state index contributed by atoms with van der Waals surface area (Å²) in [5, 5.41) is 0.253. The van der Waals surface area contributed by atoms with Crippen LogP contribution < -0.4 is 9.47 Å². The van der Waals surface area contributed by atoms with Crippen molar-refractivity contribution in [2.24, 2.45) is 0 Å². The van der Waals surface area contributed by atoms with Crippen molar-refractivity contribution in [3.8, 4) is 11.5 Å². The lowest BCUT2D eigenvalue weighted by molar-refractivity contribution is 0.399. The van der Waals surface area contributed by atoms with Gasteiger partial charge in [0.2, 0.25) is 0 Å². The van der Waals surface area contributed by atoms with Crippen molar-refractivity contribution >= 4 is 23.2 Å². The first-order valence-corrected chi connectivity index (χ1v) is 7.00. The van der Waals surface area contributed by atoms with E-state index in [1.807, 2.05) is 43.3 Å². The lowest BCUT2D eigenvalue weighted by Gasteiger charge is -2.17. The maximum atomic E-state index is 6.58. The summed E-state index contributed by atoms with van der Waals surface area (Å²) in [5.74, 6) is 1.44. The van der Waals surface area contributed by atoms with Gasteiger partial charge in [0, 0.05) is 10.6 Å². The van der Waals surface area contributed by atoms with E-state index >= 15 is 0 Å². The molecule has 2 rings (SSSR count). The molecule has 106 valence electrons. The average molecular weight is 311 g/mol. The van der Waals surface area contributed by atoms with Crippen molar-refractivity contribution in [1.82, 2.24) is 0 Å². The Morgan fingerprint density at radius 2 is 1.70 bits per heavy atom. The van der Waals surface area contributed by atoms with Crippen molar-refractivity contribution in [3.05, 3.63) is 58.1 Å². The Kier molecular flexibility index (Phi) is 4.79. The Hall–Kier alpha value is -1.38. The highest BCUT2D eigenvalue weighted by Gasteiger charge is 2.19. The molecule has 0 bridgehead atoms. The van der Waals surface area contributed by atoms with Crippen LogP contribution in [-0.2, 0) is 0 Å². The average Bonchev–Trinajstić information content (AvgIpc) is 2.46. The molecule has 2 aromatic carbocycles. The molecule has 1 atom stereocenters. The van der Waals surface area contributed by atoms with Gasteiger partial charge in [-0.15, -0.1) is 11.6 Å². The number of aryl methyl sites for hydroxylation is 1. The molecule has 0 aliphatic carbocycles. The maximum Gasteiger partial charge on any atom is 0.124 e. The Labute approximate surface area is 129 Å². The van der Waals surface area contributed by atoms with Crippen LogP contribution in [0.15, 0.2) is 36.4 Å². The van der Waals surface area contributed by atoms with Crippen LogP contribution in [0.3, 0.4) is 0 Å². The number of rotatable bonds is 4. The summed E-state index contributed by atoms with van der Waals surface area (Å²) in [6.45, 7) is 1.99. The predicted molar refractivity (Wildman–Crippen MR) is 83.4 cm³/mol. The quantitative estimate of drug-likeness (QED) is 0.740. The molecule has 0 saturated heterocycles. The summed E-state index contributed by atoms with van der Waals surface area (Å²) in [6, 6.07) is 11.4. The largest absolute Gasteiger partial charge is 0.497 e. The first-order chi connectivity index (χ1) is 9.56. The predicted octanol–water partition coefficient (Wildman–Crippen LogP) is 4.99. The number of hydrogen-bond donors (Lipinski definition) is 0. The molecule has 2 nitrogen and oxygen atoms in total. The van der Waals surface area contributed by atoms with Crippen LogP contribution in [0.25, 0.3) is 0 Å². The van der Waals surface area contributed by atoms with Gasteiger partial charge in [-0.2, -0.15) is 0 Å². The standard InChI is InChI=1S/C16H16Cl2O2/c1-10-4-6-12(14(17)8-10)16(18)13-9-11(19-2)5-7-15(13)20-3/h4-9,16H,1-3H3. The molecule has 20 heavy (non-hydrogen) atoms. The van der Waals surface area contributed by atoms with Crippen LogP contribution in [-0.4, -0.2) is 14.2 Å².